The van der Waals surface area contributed by atoms with Gasteiger partial charge in [-0.25, -0.2) is 0 Å². The molecule has 0 bridgehead atoms. The van der Waals surface area contributed by atoms with E-state index in [0.717, 1.165) is 27.0 Å². The van der Waals surface area contributed by atoms with Crippen molar-refractivity contribution in [1.82, 2.24) is 19.8 Å². The summed E-state index contributed by atoms with van der Waals surface area (Å²) < 4.78 is 12.6. The maximum absolute atomic E-state index is 5.87. The smallest absolute Gasteiger partial charge is 0.235 e. The van der Waals surface area contributed by atoms with Crippen LogP contribution in [0.3, 0.4) is 0 Å². The van der Waals surface area contributed by atoms with Gasteiger partial charge in [-0.15, -0.1) is 10.2 Å². The van der Waals surface area contributed by atoms with Gasteiger partial charge in [0.05, 0.1) is 7.11 Å². The molecule has 0 fully saturated rings. The first-order valence-electron chi connectivity index (χ1n) is 7.47. The molecule has 2 aromatic carbocycles. The molecule has 4 rings (SSSR count). The van der Waals surface area contributed by atoms with Crippen LogP contribution >= 0.6 is 22.9 Å². The van der Waals surface area contributed by atoms with Crippen LogP contribution in [0.4, 0.5) is 0 Å². The molecule has 0 aliphatic rings. The highest BCUT2D eigenvalue weighted by Crippen LogP contribution is 2.24. The standard InChI is InChI=1S/C17H13ClN4O2S/c1-23-13-6-2-11(3-7-13)16-19-20-17-22(16)21-15(25-17)10-24-14-8-4-12(18)5-9-14/h2-9H,10H2,1H3. The van der Waals surface area contributed by atoms with Gasteiger partial charge in [-0.3, -0.25) is 0 Å². The Bertz CT molecular complexity index is 996. The molecule has 0 aliphatic heterocycles. The van der Waals surface area contributed by atoms with Crippen molar-refractivity contribution in [2.75, 3.05) is 7.11 Å². The average Bonchev–Trinajstić information content (AvgIpc) is 3.21. The fourth-order valence-electron chi connectivity index (χ4n) is 2.31. The normalized spacial score (nSPS) is 11.0. The Morgan fingerprint density at radius 2 is 1.72 bits per heavy atom. The molecule has 0 aliphatic carbocycles. The van der Waals surface area contributed by atoms with Crippen LogP contribution < -0.4 is 9.47 Å². The number of aromatic nitrogens is 4. The molecule has 0 atom stereocenters. The second-order valence-corrected chi connectivity index (χ2v) is 6.66. The van der Waals surface area contributed by atoms with Crippen molar-refractivity contribution >= 4 is 27.9 Å². The van der Waals surface area contributed by atoms with Crippen LogP contribution in [0.15, 0.2) is 48.5 Å². The highest BCUT2D eigenvalue weighted by atomic mass is 35.5. The van der Waals surface area contributed by atoms with Crippen LogP contribution in [0.5, 0.6) is 11.5 Å². The molecule has 0 N–H and O–H groups in total. The van der Waals surface area contributed by atoms with Gasteiger partial charge in [0.25, 0.3) is 0 Å². The van der Waals surface area contributed by atoms with Crippen LogP contribution in [0.1, 0.15) is 5.01 Å². The fourth-order valence-corrected chi connectivity index (χ4v) is 3.18. The number of nitrogens with zero attached hydrogens (tertiary/aromatic N) is 4. The monoisotopic (exact) mass is 372 g/mol. The number of halogens is 1. The lowest BCUT2D eigenvalue weighted by Crippen LogP contribution is -1.97. The first kappa shape index (κ1) is 15.9. The van der Waals surface area contributed by atoms with E-state index in [1.165, 1.54) is 11.3 Å². The van der Waals surface area contributed by atoms with E-state index in [2.05, 4.69) is 15.3 Å². The third-order valence-corrected chi connectivity index (χ3v) is 4.68. The second kappa shape index (κ2) is 6.70. The van der Waals surface area contributed by atoms with Gasteiger partial charge in [0.1, 0.15) is 18.1 Å². The molecule has 126 valence electrons. The van der Waals surface area contributed by atoms with Gasteiger partial charge in [0.15, 0.2) is 10.8 Å². The fraction of sp³-hybridized carbons (Fsp3) is 0.118. The highest BCUT2D eigenvalue weighted by molar-refractivity contribution is 7.16. The summed E-state index contributed by atoms with van der Waals surface area (Å²) in [5, 5.41) is 14.4. The van der Waals surface area contributed by atoms with E-state index in [1.807, 2.05) is 36.4 Å². The van der Waals surface area contributed by atoms with Crippen molar-refractivity contribution in [3.63, 3.8) is 0 Å². The third kappa shape index (κ3) is 3.29. The summed E-state index contributed by atoms with van der Waals surface area (Å²) in [7, 11) is 1.64. The van der Waals surface area contributed by atoms with Crippen molar-refractivity contribution in [2.24, 2.45) is 0 Å². The van der Waals surface area contributed by atoms with Gasteiger partial charge in [-0.1, -0.05) is 22.9 Å². The summed E-state index contributed by atoms with van der Waals surface area (Å²) in [6.45, 7) is 0.359. The average molecular weight is 373 g/mol. The summed E-state index contributed by atoms with van der Waals surface area (Å²) >= 11 is 7.32. The molecular weight excluding hydrogens is 360 g/mol. The Hall–Kier alpha value is -2.64. The summed E-state index contributed by atoms with van der Waals surface area (Å²) in [4.78, 5) is 0.723. The van der Waals surface area contributed by atoms with Crippen LogP contribution in [-0.4, -0.2) is 26.9 Å². The van der Waals surface area contributed by atoms with Gasteiger partial charge >= 0.3 is 0 Å². The van der Waals surface area contributed by atoms with Gasteiger partial charge in [0, 0.05) is 10.6 Å². The molecule has 0 saturated heterocycles. The van der Waals surface area contributed by atoms with E-state index >= 15 is 0 Å². The molecule has 0 spiro atoms. The first-order valence-corrected chi connectivity index (χ1v) is 8.66. The molecule has 0 unspecified atom stereocenters. The minimum Gasteiger partial charge on any atom is -0.497 e. The number of fused-ring (bicyclic) bond motifs is 1. The number of hydrogen-bond acceptors (Lipinski definition) is 6. The zero-order chi connectivity index (χ0) is 17.2. The molecule has 2 aromatic heterocycles. The summed E-state index contributed by atoms with van der Waals surface area (Å²) in [6, 6.07) is 14.9. The SMILES string of the molecule is COc1ccc(-c2nnc3sc(COc4ccc(Cl)cc4)nn23)cc1. The van der Waals surface area contributed by atoms with Crippen molar-refractivity contribution in [3.8, 4) is 22.9 Å². The molecule has 8 heteroatoms. The van der Waals surface area contributed by atoms with E-state index in [-0.39, 0.29) is 0 Å². The molecule has 0 amide bonds. The zero-order valence-electron chi connectivity index (χ0n) is 13.2. The first-order chi connectivity index (χ1) is 12.2. The lowest BCUT2D eigenvalue weighted by atomic mass is 10.2. The van der Waals surface area contributed by atoms with E-state index in [9.17, 15) is 0 Å². The van der Waals surface area contributed by atoms with E-state index < -0.39 is 0 Å². The molecule has 6 nitrogen and oxygen atoms in total. The van der Waals surface area contributed by atoms with Crippen molar-refractivity contribution < 1.29 is 9.47 Å². The number of ether oxygens (including phenoxy) is 2. The van der Waals surface area contributed by atoms with Crippen LogP contribution in [0.25, 0.3) is 16.3 Å². The maximum atomic E-state index is 5.87. The number of methoxy groups -OCH3 is 1. The zero-order valence-corrected chi connectivity index (χ0v) is 14.8. The van der Waals surface area contributed by atoms with Gasteiger partial charge in [-0.2, -0.15) is 9.61 Å². The quantitative estimate of drug-likeness (QED) is 0.528. The molecule has 0 saturated carbocycles. The molecule has 0 radical (unpaired) electrons. The summed E-state index contributed by atoms with van der Waals surface area (Å²) in [5.74, 6) is 2.22. The van der Waals surface area contributed by atoms with Crippen LogP contribution in [0, 0.1) is 0 Å². The lowest BCUT2D eigenvalue weighted by molar-refractivity contribution is 0.304. The topological polar surface area (TPSA) is 61.5 Å². The molecular formula is C17H13ClN4O2S. The van der Waals surface area contributed by atoms with E-state index in [1.54, 1.807) is 23.8 Å². The third-order valence-electron chi connectivity index (χ3n) is 3.56. The predicted molar refractivity (Wildman–Crippen MR) is 96.4 cm³/mol. The second-order valence-electron chi connectivity index (χ2n) is 5.18. The lowest BCUT2D eigenvalue weighted by Gasteiger charge is -2.03. The van der Waals surface area contributed by atoms with Crippen molar-refractivity contribution in [1.29, 1.82) is 0 Å². The minimum absolute atomic E-state index is 0.359. The Morgan fingerprint density at radius 3 is 2.44 bits per heavy atom. The number of hydrogen-bond donors (Lipinski definition) is 0. The Morgan fingerprint density at radius 1 is 1.00 bits per heavy atom. The van der Waals surface area contributed by atoms with Crippen LogP contribution in [0.2, 0.25) is 5.02 Å². The van der Waals surface area contributed by atoms with E-state index in [0.29, 0.717) is 17.5 Å². The van der Waals surface area contributed by atoms with E-state index in [4.69, 9.17) is 21.1 Å². The molecule has 25 heavy (non-hydrogen) atoms. The van der Waals surface area contributed by atoms with Crippen LogP contribution in [-0.2, 0) is 6.61 Å². The maximum Gasteiger partial charge on any atom is 0.235 e. The Labute approximate surface area is 152 Å². The number of benzene rings is 2. The molecule has 4 aromatic rings. The molecule has 2 heterocycles. The van der Waals surface area contributed by atoms with Gasteiger partial charge in [-0.05, 0) is 48.5 Å². The Kier molecular flexibility index (Phi) is 4.25. The van der Waals surface area contributed by atoms with Gasteiger partial charge < -0.3 is 9.47 Å². The van der Waals surface area contributed by atoms with Gasteiger partial charge in [0.2, 0.25) is 4.96 Å². The largest absolute Gasteiger partial charge is 0.497 e. The summed E-state index contributed by atoms with van der Waals surface area (Å²) in [6.07, 6.45) is 0. The summed E-state index contributed by atoms with van der Waals surface area (Å²) in [5.41, 5.74) is 0.920. The van der Waals surface area contributed by atoms with Crippen molar-refractivity contribution in [2.45, 2.75) is 6.61 Å². The minimum atomic E-state index is 0.359. The van der Waals surface area contributed by atoms with Crippen molar-refractivity contribution in [3.05, 3.63) is 58.6 Å². The Balaban J connectivity index is 1.56. The highest BCUT2D eigenvalue weighted by Gasteiger charge is 2.13. The number of rotatable bonds is 5. The predicted octanol–water partition coefficient (Wildman–Crippen LogP) is 4.09.